The van der Waals surface area contributed by atoms with Gasteiger partial charge in [0.25, 0.3) is 0 Å². The van der Waals surface area contributed by atoms with Crippen LogP contribution in [0.2, 0.25) is 0 Å². The van der Waals surface area contributed by atoms with Gasteiger partial charge in [-0.05, 0) is 43.9 Å². The first kappa shape index (κ1) is 29.6. The van der Waals surface area contributed by atoms with Gasteiger partial charge in [0, 0.05) is 19.4 Å². The number of carbonyl (C=O) groups is 5. The minimum Gasteiger partial charge on any atom is -0.348 e. The minimum absolute atomic E-state index is 0.0192. The van der Waals surface area contributed by atoms with Crippen molar-refractivity contribution in [3.05, 3.63) is 23.3 Å². The molecule has 0 spiro atoms. The smallest absolute Gasteiger partial charge is 0.243 e. The fourth-order valence-electron chi connectivity index (χ4n) is 4.40. The van der Waals surface area contributed by atoms with E-state index in [1.54, 1.807) is 27.0 Å². The summed E-state index contributed by atoms with van der Waals surface area (Å²) >= 11 is 1.32. The van der Waals surface area contributed by atoms with Gasteiger partial charge in [-0.2, -0.15) is 11.8 Å². The van der Waals surface area contributed by atoms with Gasteiger partial charge in [-0.25, -0.2) is 0 Å². The third-order valence-electron chi connectivity index (χ3n) is 6.65. The van der Waals surface area contributed by atoms with Crippen molar-refractivity contribution in [1.82, 2.24) is 20.9 Å². The summed E-state index contributed by atoms with van der Waals surface area (Å²) in [6, 6.07) is -1.76. The quantitative estimate of drug-likeness (QED) is 0.339. The predicted molar refractivity (Wildman–Crippen MR) is 141 cm³/mol. The molecule has 5 amide bonds. The monoisotopic (exact) mass is 520 g/mol. The number of rotatable bonds is 12. The van der Waals surface area contributed by atoms with Gasteiger partial charge in [0.2, 0.25) is 29.5 Å². The SMILES string of the molecule is CCC1=C(CC)CC(NC(=O)[C@H](C)NC(=O)C(NC(=O)CCN2C(=O)CC(SC)C2=O)C(C)C)C=C1. The molecular formula is C26H40N4O5S. The second kappa shape index (κ2) is 13.6. The number of carbonyl (C=O) groups excluding carboxylic acids is 5. The molecule has 4 atom stereocenters. The average molecular weight is 521 g/mol. The van der Waals surface area contributed by atoms with Gasteiger partial charge in [0.1, 0.15) is 12.1 Å². The van der Waals surface area contributed by atoms with Gasteiger partial charge >= 0.3 is 0 Å². The topological polar surface area (TPSA) is 125 Å². The largest absolute Gasteiger partial charge is 0.348 e. The highest BCUT2D eigenvalue weighted by Crippen LogP contribution is 2.24. The molecule has 200 valence electrons. The Morgan fingerprint density at radius 2 is 1.75 bits per heavy atom. The molecule has 10 heteroatoms. The lowest BCUT2D eigenvalue weighted by Crippen LogP contribution is -2.55. The Bertz CT molecular complexity index is 929. The van der Waals surface area contributed by atoms with Crippen LogP contribution < -0.4 is 16.0 Å². The second-order valence-corrected chi connectivity index (χ2v) is 10.6. The molecule has 1 heterocycles. The van der Waals surface area contributed by atoms with Gasteiger partial charge in [0.15, 0.2) is 0 Å². The molecule has 1 aliphatic carbocycles. The number of hydrogen-bond donors (Lipinski definition) is 3. The van der Waals surface area contributed by atoms with Crippen molar-refractivity contribution in [2.75, 3.05) is 12.8 Å². The summed E-state index contributed by atoms with van der Waals surface area (Å²) in [5.41, 5.74) is 2.63. The van der Waals surface area contributed by atoms with Gasteiger partial charge in [-0.1, -0.05) is 45.4 Å². The van der Waals surface area contributed by atoms with E-state index in [9.17, 15) is 24.0 Å². The summed E-state index contributed by atoms with van der Waals surface area (Å²) in [6.07, 6.45) is 8.51. The molecule has 0 radical (unpaired) electrons. The lowest BCUT2D eigenvalue weighted by atomic mass is 9.91. The van der Waals surface area contributed by atoms with E-state index in [1.165, 1.54) is 22.9 Å². The van der Waals surface area contributed by atoms with Crippen molar-refractivity contribution in [3.63, 3.8) is 0 Å². The molecule has 9 nitrogen and oxygen atoms in total. The zero-order valence-electron chi connectivity index (χ0n) is 22.2. The van der Waals surface area contributed by atoms with Crippen LogP contribution in [0.15, 0.2) is 23.3 Å². The molecule has 1 fully saturated rings. The van der Waals surface area contributed by atoms with E-state index in [0.29, 0.717) is 0 Å². The van der Waals surface area contributed by atoms with E-state index < -0.39 is 29.1 Å². The summed E-state index contributed by atoms with van der Waals surface area (Å²) < 4.78 is 0. The van der Waals surface area contributed by atoms with Crippen molar-refractivity contribution in [3.8, 4) is 0 Å². The van der Waals surface area contributed by atoms with Crippen LogP contribution in [0.4, 0.5) is 0 Å². The van der Waals surface area contributed by atoms with E-state index in [4.69, 9.17) is 0 Å². The van der Waals surface area contributed by atoms with Crippen molar-refractivity contribution < 1.29 is 24.0 Å². The van der Waals surface area contributed by atoms with Crippen LogP contribution in [0.3, 0.4) is 0 Å². The van der Waals surface area contributed by atoms with Crippen LogP contribution in [-0.2, 0) is 24.0 Å². The number of nitrogens with zero attached hydrogens (tertiary/aromatic N) is 1. The van der Waals surface area contributed by atoms with Crippen LogP contribution in [-0.4, -0.2) is 70.6 Å². The van der Waals surface area contributed by atoms with E-state index in [0.717, 1.165) is 24.2 Å². The van der Waals surface area contributed by atoms with Crippen molar-refractivity contribution in [2.45, 2.75) is 90.1 Å². The number of hydrogen-bond acceptors (Lipinski definition) is 6. The molecule has 0 aromatic heterocycles. The number of allylic oxidation sites excluding steroid dienone is 2. The Labute approximate surface area is 218 Å². The van der Waals surface area contributed by atoms with Gasteiger partial charge in [-0.3, -0.25) is 28.9 Å². The number of thioether (sulfide) groups is 1. The zero-order valence-corrected chi connectivity index (χ0v) is 23.0. The highest BCUT2D eigenvalue weighted by Gasteiger charge is 2.38. The van der Waals surface area contributed by atoms with Gasteiger partial charge < -0.3 is 16.0 Å². The van der Waals surface area contributed by atoms with Crippen molar-refractivity contribution in [2.24, 2.45) is 5.92 Å². The molecule has 0 saturated carbocycles. The lowest BCUT2D eigenvalue weighted by molar-refractivity contribution is -0.139. The van der Waals surface area contributed by atoms with E-state index >= 15 is 0 Å². The van der Waals surface area contributed by atoms with Crippen LogP contribution in [0, 0.1) is 5.92 Å². The highest BCUT2D eigenvalue weighted by atomic mass is 32.2. The molecule has 3 N–H and O–H groups in total. The molecular weight excluding hydrogens is 480 g/mol. The summed E-state index contributed by atoms with van der Waals surface area (Å²) in [5.74, 6) is -1.99. The van der Waals surface area contributed by atoms with Crippen LogP contribution in [0.25, 0.3) is 0 Å². The lowest BCUT2D eigenvalue weighted by Gasteiger charge is -2.26. The van der Waals surface area contributed by atoms with Crippen molar-refractivity contribution >= 4 is 41.3 Å². The average Bonchev–Trinajstić information content (AvgIpc) is 3.12. The fourth-order valence-corrected chi connectivity index (χ4v) is 5.03. The van der Waals surface area contributed by atoms with Gasteiger partial charge in [-0.15, -0.1) is 0 Å². The Morgan fingerprint density at radius 1 is 1.06 bits per heavy atom. The molecule has 0 aromatic carbocycles. The fraction of sp³-hybridized carbons (Fsp3) is 0.654. The maximum atomic E-state index is 12.9. The molecule has 1 saturated heterocycles. The van der Waals surface area contributed by atoms with Gasteiger partial charge in [0.05, 0.1) is 11.3 Å². The number of imide groups is 1. The first-order chi connectivity index (χ1) is 17.0. The van der Waals surface area contributed by atoms with Crippen molar-refractivity contribution in [1.29, 1.82) is 0 Å². The Balaban J connectivity index is 1.87. The molecule has 3 unspecified atom stereocenters. The van der Waals surface area contributed by atoms with Crippen LogP contribution in [0.1, 0.15) is 66.7 Å². The zero-order chi connectivity index (χ0) is 27.0. The first-order valence-electron chi connectivity index (χ1n) is 12.7. The summed E-state index contributed by atoms with van der Waals surface area (Å²) in [5, 5.41) is 7.97. The Morgan fingerprint density at radius 3 is 2.31 bits per heavy atom. The molecule has 2 aliphatic rings. The maximum Gasteiger partial charge on any atom is 0.243 e. The summed E-state index contributed by atoms with van der Waals surface area (Å²) in [6.45, 7) is 9.40. The minimum atomic E-state index is -0.854. The maximum absolute atomic E-state index is 12.9. The molecule has 2 rings (SSSR count). The molecule has 1 aliphatic heterocycles. The number of likely N-dealkylation sites (tertiary alicyclic amines) is 1. The van der Waals surface area contributed by atoms with E-state index in [2.05, 4.69) is 35.9 Å². The van der Waals surface area contributed by atoms with E-state index in [-0.39, 0.29) is 49.1 Å². The number of amides is 5. The Kier molecular flexibility index (Phi) is 11.2. The van der Waals surface area contributed by atoms with Crippen LogP contribution in [0.5, 0.6) is 0 Å². The first-order valence-corrected chi connectivity index (χ1v) is 14.0. The summed E-state index contributed by atoms with van der Waals surface area (Å²) in [7, 11) is 0. The van der Waals surface area contributed by atoms with E-state index in [1.807, 2.05) is 6.08 Å². The van der Waals surface area contributed by atoms with Crippen LogP contribution >= 0.6 is 11.8 Å². The Hall–Kier alpha value is -2.62. The third-order valence-corrected chi connectivity index (χ3v) is 7.59. The molecule has 0 bridgehead atoms. The molecule has 0 aromatic rings. The number of nitrogens with one attached hydrogen (secondary N) is 3. The standard InChI is InChI=1S/C26H40N4O5S/c1-7-17-9-10-19(13-18(17)8-2)28-24(33)16(5)27-25(34)23(15(3)4)29-21(31)11-12-30-22(32)14-20(36-6)26(30)35/h9-10,15-16,19-20,23H,7-8,11-14H2,1-6H3,(H,27,34)(H,28,33)(H,29,31)/t16-,19?,20?,23?/m0/s1. The normalized spacial score (nSPS) is 21.6. The second-order valence-electron chi connectivity index (χ2n) is 9.60. The predicted octanol–water partition coefficient (Wildman–Crippen LogP) is 2.07. The third kappa shape index (κ3) is 7.69. The highest BCUT2D eigenvalue weighted by molar-refractivity contribution is 8.00. The summed E-state index contributed by atoms with van der Waals surface area (Å²) in [4.78, 5) is 63.6. The molecule has 36 heavy (non-hydrogen) atoms.